The number of hydrogen-bond donors (Lipinski definition) is 0. The molecular formula is C26H25N5O2. The van der Waals surface area contributed by atoms with Gasteiger partial charge in [-0.15, -0.1) is 0 Å². The second-order valence-corrected chi connectivity index (χ2v) is 8.27. The Bertz CT molecular complexity index is 1240. The van der Waals surface area contributed by atoms with Crippen molar-refractivity contribution >= 4 is 17.3 Å². The molecule has 2 aromatic carbocycles. The summed E-state index contributed by atoms with van der Waals surface area (Å²) in [4.78, 5) is 25.3. The molecule has 0 saturated carbocycles. The lowest BCUT2D eigenvalue weighted by molar-refractivity contribution is 0.101. The normalized spacial score (nSPS) is 13.9. The minimum absolute atomic E-state index is 0.0905. The van der Waals surface area contributed by atoms with Crippen LogP contribution in [0.4, 0.5) is 11.5 Å². The van der Waals surface area contributed by atoms with Crippen LogP contribution in [0.15, 0.2) is 71.4 Å². The number of Topliss-reactive ketones (excluding diaryl/α,β-unsaturated/α-hetero) is 1. The molecule has 0 unspecified atom stereocenters. The smallest absolute Gasteiger partial charge is 0.259 e. The largest absolute Gasteiger partial charge is 0.368 e. The number of rotatable bonds is 5. The molecule has 0 atom stereocenters. The van der Waals surface area contributed by atoms with Crippen molar-refractivity contribution in [1.29, 1.82) is 0 Å². The summed E-state index contributed by atoms with van der Waals surface area (Å²) < 4.78 is 5.46. The first-order chi connectivity index (χ1) is 16.1. The van der Waals surface area contributed by atoms with E-state index in [9.17, 15) is 4.79 Å². The molecule has 33 heavy (non-hydrogen) atoms. The fraction of sp³-hybridized carbons (Fsp3) is 0.231. The van der Waals surface area contributed by atoms with Crippen LogP contribution in [-0.2, 0) is 0 Å². The molecular weight excluding hydrogens is 414 g/mol. The highest BCUT2D eigenvalue weighted by Gasteiger charge is 2.19. The minimum Gasteiger partial charge on any atom is -0.368 e. The number of pyridine rings is 1. The van der Waals surface area contributed by atoms with Gasteiger partial charge in [-0.3, -0.25) is 4.79 Å². The van der Waals surface area contributed by atoms with E-state index in [1.165, 1.54) is 5.56 Å². The quantitative estimate of drug-likeness (QED) is 0.420. The second kappa shape index (κ2) is 8.86. The summed E-state index contributed by atoms with van der Waals surface area (Å²) in [6, 6.07) is 19.8. The molecule has 5 rings (SSSR count). The van der Waals surface area contributed by atoms with Crippen molar-refractivity contribution in [3.63, 3.8) is 0 Å². The van der Waals surface area contributed by atoms with Crippen molar-refractivity contribution < 1.29 is 9.32 Å². The first-order valence-corrected chi connectivity index (χ1v) is 11.0. The molecule has 3 heterocycles. The highest BCUT2D eigenvalue weighted by Crippen LogP contribution is 2.25. The average Bonchev–Trinajstić information content (AvgIpc) is 3.35. The number of aromatic nitrogens is 3. The molecule has 0 bridgehead atoms. The van der Waals surface area contributed by atoms with Gasteiger partial charge in [-0.25, -0.2) is 4.98 Å². The van der Waals surface area contributed by atoms with Gasteiger partial charge >= 0.3 is 0 Å². The summed E-state index contributed by atoms with van der Waals surface area (Å²) in [6.45, 7) is 7.18. The van der Waals surface area contributed by atoms with Gasteiger partial charge in [0, 0.05) is 49.2 Å². The third-order valence-corrected chi connectivity index (χ3v) is 5.97. The zero-order valence-electron chi connectivity index (χ0n) is 18.7. The van der Waals surface area contributed by atoms with E-state index in [-0.39, 0.29) is 5.78 Å². The van der Waals surface area contributed by atoms with Crippen LogP contribution in [0.3, 0.4) is 0 Å². The van der Waals surface area contributed by atoms with Crippen LogP contribution in [0.25, 0.3) is 22.8 Å². The fourth-order valence-corrected chi connectivity index (χ4v) is 3.96. The molecule has 0 amide bonds. The Morgan fingerprint density at radius 1 is 0.848 bits per heavy atom. The maximum absolute atomic E-state index is 11.5. The molecule has 2 aromatic heterocycles. The number of piperazine rings is 1. The molecule has 1 fully saturated rings. The Balaban J connectivity index is 1.22. The topological polar surface area (TPSA) is 75.4 Å². The van der Waals surface area contributed by atoms with Gasteiger partial charge in [0.05, 0.1) is 5.56 Å². The van der Waals surface area contributed by atoms with Crippen LogP contribution in [0, 0.1) is 6.92 Å². The zero-order valence-corrected chi connectivity index (χ0v) is 18.7. The van der Waals surface area contributed by atoms with E-state index in [4.69, 9.17) is 4.52 Å². The van der Waals surface area contributed by atoms with Gasteiger partial charge in [0.25, 0.3) is 5.89 Å². The summed E-state index contributed by atoms with van der Waals surface area (Å²) >= 11 is 0. The van der Waals surface area contributed by atoms with Crippen molar-refractivity contribution in [2.45, 2.75) is 13.8 Å². The summed E-state index contributed by atoms with van der Waals surface area (Å²) in [5.41, 5.74) is 4.80. The van der Waals surface area contributed by atoms with E-state index in [2.05, 4.69) is 24.9 Å². The maximum atomic E-state index is 11.5. The predicted octanol–water partition coefficient (Wildman–Crippen LogP) is 4.64. The highest BCUT2D eigenvalue weighted by atomic mass is 16.5. The first kappa shape index (κ1) is 20.9. The second-order valence-electron chi connectivity index (χ2n) is 8.27. The van der Waals surface area contributed by atoms with Crippen LogP contribution in [0.1, 0.15) is 22.8 Å². The van der Waals surface area contributed by atoms with E-state index in [0.29, 0.717) is 11.7 Å². The first-order valence-electron chi connectivity index (χ1n) is 11.0. The van der Waals surface area contributed by atoms with Crippen LogP contribution in [-0.4, -0.2) is 47.1 Å². The average molecular weight is 440 g/mol. The number of hydrogen-bond acceptors (Lipinski definition) is 7. The Kier molecular flexibility index (Phi) is 5.60. The van der Waals surface area contributed by atoms with Crippen molar-refractivity contribution in [2.24, 2.45) is 0 Å². The van der Waals surface area contributed by atoms with E-state index < -0.39 is 0 Å². The van der Waals surface area contributed by atoms with Gasteiger partial charge in [0.2, 0.25) is 5.82 Å². The predicted molar refractivity (Wildman–Crippen MR) is 129 cm³/mol. The Hall–Kier alpha value is -4.00. The molecule has 7 nitrogen and oxygen atoms in total. The Labute approximate surface area is 192 Å². The summed E-state index contributed by atoms with van der Waals surface area (Å²) in [7, 11) is 0. The number of carbonyl (C=O) groups excluding carboxylic acids is 1. The Morgan fingerprint density at radius 2 is 1.52 bits per heavy atom. The lowest BCUT2D eigenvalue weighted by Gasteiger charge is -2.36. The van der Waals surface area contributed by atoms with E-state index in [0.717, 1.165) is 54.4 Å². The lowest BCUT2D eigenvalue weighted by Crippen LogP contribution is -2.46. The highest BCUT2D eigenvalue weighted by molar-refractivity contribution is 5.94. The molecule has 1 aliphatic heterocycles. The fourth-order valence-electron chi connectivity index (χ4n) is 3.96. The third kappa shape index (κ3) is 4.48. The lowest BCUT2D eigenvalue weighted by atomic mass is 10.1. The molecule has 0 radical (unpaired) electrons. The molecule has 0 aliphatic carbocycles. The van der Waals surface area contributed by atoms with Gasteiger partial charge in [-0.1, -0.05) is 35.0 Å². The maximum Gasteiger partial charge on any atom is 0.259 e. The molecule has 0 spiro atoms. The summed E-state index contributed by atoms with van der Waals surface area (Å²) in [5.74, 6) is 2.06. The molecule has 0 N–H and O–H groups in total. The number of nitrogens with zero attached hydrogens (tertiary/aromatic N) is 5. The third-order valence-electron chi connectivity index (χ3n) is 5.97. The van der Waals surface area contributed by atoms with Crippen LogP contribution in [0.2, 0.25) is 0 Å². The SMILES string of the molecule is CC(=O)c1ccc(N2CCN(c3ccc(-c4nc(-c5ccc(C)cc5)no4)cn3)CC2)cc1. The Morgan fingerprint density at radius 3 is 2.15 bits per heavy atom. The van der Waals surface area contributed by atoms with Crippen LogP contribution < -0.4 is 9.80 Å². The van der Waals surface area contributed by atoms with Crippen LogP contribution in [0.5, 0.6) is 0 Å². The van der Waals surface area contributed by atoms with Gasteiger partial charge < -0.3 is 14.3 Å². The van der Waals surface area contributed by atoms with E-state index in [1.54, 1.807) is 13.1 Å². The number of benzene rings is 2. The van der Waals surface area contributed by atoms with Crippen molar-refractivity contribution in [3.8, 4) is 22.8 Å². The van der Waals surface area contributed by atoms with Crippen molar-refractivity contribution in [2.75, 3.05) is 36.0 Å². The molecule has 7 heteroatoms. The van der Waals surface area contributed by atoms with E-state index in [1.807, 2.05) is 67.6 Å². The minimum atomic E-state index is 0.0905. The van der Waals surface area contributed by atoms with Gasteiger partial charge in [0.15, 0.2) is 5.78 Å². The number of carbonyl (C=O) groups is 1. The summed E-state index contributed by atoms with van der Waals surface area (Å²) in [5, 5.41) is 4.11. The molecule has 1 aliphatic rings. The summed E-state index contributed by atoms with van der Waals surface area (Å²) in [6.07, 6.45) is 1.79. The van der Waals surface area contributed by atoms with Gasteiger partial charge in [-0.05, 0) is 50.2 Å². The molecule has 166 valence electrons. The van der Waals surface area contributed by atoms with Crippen molar-refractivity contribution in [1.82, 2.24) is 15.1 Å². The number of aryl methyl sites for hydroxylation is 1. The van der Waals surface area contributed by atoms with Gasteiger partial charge in [-0.2, -0.15) is 4.98 Å². The standard InChI is InChI=1S/C26H25N5O2/c1-18-3-5-21(6-4-18)25-28-26(33-29-25)22-9-12-24(27-17-22)31-15-13-30(14-16-31)23-10-7-20(8-11-23)19(2)32/h3-12,17H,13-16H2,1-2H3. The zero-order chi connectivity index (χ0) is 22.8. The number of ketones is 1. The van der Waals surface area contributed by atoms with Crippen molar-refractivity contribution in [3.05, 3.63) is 78.0 Å². The monoisotopic (exact) mass is 439 g/mol. The molecule has 4 aromatic rings. The molecule has 1 saturated heterocycles. The van der Waals surface area contributed by atoms with Crippen LogP contribution >= 0.6 is 0 Å². The van der Waals surface area contributed by atoms with E-state index >= 15 is 0 Å². The van der Waals surface area contributed by atoms with Gasteiger partial charge in [0.1, 0.15) is 5.82 Å². The number of anilines is 2.